The van der Waals surface area contributed by atoms with E-state index < -0.39 is 36.9 Å². The van der Waals surface area contributed by atoms with E-state index in [2.05, 4.69) is 0 Å². The molecule has 0 spiro atoms. The lowest BCUT2D eigenvalue weighted by molar-refractivity contribution is -0.141. The van der Waals surface area contributed by atoms with Crippen LogP contribution in [0.3, 0.4) is 0 Å². The molecule has 0 atom stereocenters. The highest BCUT2D eigenvalue weighted by Crippen LogP contribution is 2.25. The fourth-order valence-electron chi connectivity index (χ4n) is 3.12. The molecule has 26 heavy (non-hydrogen) atoms. The second-order valence-corrected chi connectivity index (χ2v) is 6.15. The van der Waals surface area contributed by atoms with Crippen LogP contribution in [0.25, 0.3) is 0 Å². The number of rotatable bonds is 4. The van der Waals surface area contributed by atoms with Gasteiger partial charge < -0.3 is 4.57 Å². The molecule has 3 rings (SSSR count). The second kappa shape index (κ2) is 6.12. The molecule has 0 radical (unpaired) electrons. The van der Waals surface area contributed by atoms with Gasteiger partial charge in [0.2, 0.25) is 0 Å². The molecule has 0 N–H and O–H groups in total. The normalized spacial score (nSPS) is 14.1. The largest absolute Gasteiger partial charge is 0.406 e. The zero-order valence-corrected chi connectivity index (χ0v) is 14.1. The third-order valence-corrected chi connectivity index (χ3v) is 4.39. The number of alkyl halides is 3. The van der Waals surface area contributed by atoms with Crippen molar-refractivity contribution < 1.29 is 27.6 Å². The lowest BCUT2D eigenvalue weighted by Crippen LogP contribution is -2.35. The van der Waals surface area contributed by atoms with Crippen molar-refractivity contribution in [3.8, 4) is 0 Å². The van der Waals surface area contributed by atoms with Crippen LogP contribution in [-0.2, 0) is 6.54 Å². The van der Waals surface area contributed by atoms with Crippen LogP contribution >= 0.6 is 0 Å². The molecule has 1 aliphatic heterocycles. The zero-order chi connectivity index (χ0) is 19.2. The van der Waals surface area contributed by atoms with Gasteiger partial charge in [0.15, 0.2) is 5.78 Å². The summed E-state index contributed by atoms with van der Waals surface area (Å²) >= 11 is 0. The fraction of sp³-hybridized carbons (Fsp3) is 0.278. The van der Waals surface area contributed by atoms with Crippen LogP contribution in [0.15, 0.2) is 30.3 Å². The average molecular weight is 364 g/mol. The third-order valence-electron chi connectivity index (χ3n) is 4.39. The summed E-state index contributed by atoms with van der Waals surface area (Å²) in [5, 5.41) is 0. The van der Waals surface area contributed by atoms with Gasteiger partial charge in [-0.2, -0.15) is 13.2 Å². The minimum atomic E-state index is -4.42. The smallest absolute Gasteiger partial charge is 0.339 e. The molecule has 0 saturated heterocycles. The molecule has 136 valence electrons. The molecule has 0 fully saturated rings. The first-order valence-corrected chi connectivity index (χ1v) is 7.82. The van der Waals surface area contributed by atoms with Crippen molar-refractivity contribution in [1.29, 1.82) is 0 Å². The van der Waals surface area contributed by atoms with E-state index in [-0.39, 0.29) is 28.1 Å². The highest BCUT2D eigenvalue weighted by atomic mass is 19.4. The molecule has 2 aromatic rings. The lowest BCUT2D eigenvalue weighted by Gasteiger charge is -2.14. The molecule has 2 heterocycles. The van der Waals surface area contributed by atoms with Crippen LogP contribution < -0.4 is 0 Å². The van der Waals surface area contributed by atoms with Gasteiger partial charge in [-0.3, -0.25) is 19.3 Å². The molecule has 0 aliphatic carbocycles. The van der Waals surface area contributed by atoms with Crippen LogP contribution in [0.1, 0.15) is 42.5 Å². The van der Waals surface area contributed by atoms with Crippen LogP contribution in [0.2, 0.25) is 0 Å². The van der Waals surface area contributed by atoms with Crippen molar-refractivity contribution in [2.24, 2.45) is 0 Å². The fourth-order valence-corrected chi connectivity index (χ4v) is 3.12. The van der Waals surface area contributed by atoms with Gasteiger partial charge in [0, 0.05) is 17.0 Å². The van der Waals surface area contributed by atoms with Crippen molar-refractivity contribution in [1.82, 2.24) is 9.47 Å². The Kier molecular flexibility index (Phi) is 4.21. The van der Waals surface area contributed by atoms with Crippen LogP contribution in [0.5, 0.6) is 0 Å². The van der Waals surface area contributed by atoms with Gasteiger partial charge in [-0.15, -0.1) is 0 Å². The van der Waals surface area contributed by atoms with E-state index in [1.165, 1.54) is 32.0 Å². The van der Waals surface area contributed by atoms with Gasteiger partial charge in [-0.25, -0.2) is 0 Å². The van der Waals surface area contributed by atoms with Crippen molar-refractivity contribution in [2.45, 2.75) is 26.6 Å². The van der Waals surface area contributed by atoms with Gasteiger partial charge in [0.05, 0.1) is 17.7 Å². The molecule has 5 nitrogen and oxygen atoms in total. The van der Waals surface area contributed by atoms with Crippen molar-refractivity contribution in [2.75, 3.05) is 6.54 Å². The van der Waals surface area contributed by atoms with Crippen LogP contribution in [0, 0.1) is 13.8 Å². The number of fused-ring (bicyclic) bond motifs is 1. The predicted octanol–water partition coefficient (Wildman–Crippen LogP) is 3.15. The number of halogens is 3. The summed E-state index contributed by atoms with van der Waals surface area (Å²) in [4.78, 5) is 38.0. The number of ketones is 1. The highest BCUT2D eigenvalue weighted by Gasteiger charge is 2.37. The van der Waals surface area contributed by atoms with Crippen molar-refractivity contribution in [3.63, 3.8) is 0 Å². The number of Topliss-reactive ketones (excluding diaryl/α,β-unsaturated/α-hetero) is 1. The second-order valence-electron chi connectivity index (χ2n) is 6.15. The van der Waals surface area contributed by atoms with Crippen LogP contribution in [-0.4, -0.2) is 39.8 Å². The minimum absolute atomic E-state index is 0.0725. The zero-order valence-electron chi connectivity index (χ0n) is 14.1. The Balaban J connectivity index is 1.85. The predicted molar refractivity (Wildman–Crippen MR) is 86.1 cm³/mol. The van der Waals surface area contributed by atoms with E-state index >= 15 is 0 Å². The van der Waals surface area contributed by atoms with E-state index in [9.17, 15) is 27.6 Å². The number of hydrogen-bond donors (Lipinski definition) is 0. The van der Waals surface area contributed by atoms with E-state index in [1.54, 1.807) is 12.1 Å². The summed E-state index contributed by atoms with van der Waals surface area (Å²) in [6, 6.07) is 7.56. The minimum Gasteiger partial charge on any atom is -0.339 e. The Labute approximate surface area is 147 Å². The number of hydrogen-bond acceptors (Lipinski definition) is 3. The first-order chi connectivity index (χ1) is 12.1. The molecule has 1 aromatic carbocycles. The summed E-state index contributed by atoms with van der Waals surface area (Å²) in [5.41, 5.74) is 0.941. The molecule has 0 unspecified atom stereocenters. The SMILES string of the molecule is Cc1cc(C(=O)CN2C(=O)c3ccccc3C2=O)c(C)n1CC(F)(F)F. The van der Waals surface area contributed by atoms with E-state index in [0.717, 1.165) is 9.47 Å². The molecular weight excluding hydrogens is 349 g/mol. The molecular formula is C18H15F3N2O3. The number of benzene rings is 1. The van der Waals surface area contributed by atoms with Gasteiger partial charge in [0.1, 0.15) is 6.54 Å². The summed E-state index contributed by atoms with van der Waals surface area (Å²) in [7, 11) is 0. The van der Waals surface area contributed by atoms with Gasteiger partial charge in [0.25, 0.3) is 11.8 Å². The molecule has 1 aliphatic rings. The number of nitrogens with zero attached hydrogens (tertiary/aromatic N) is 2. The molecule has 0 saturated carbocycles. The number of aryl methyl sites for hydroxylation is 1. The standard InChI is InChI=1S/C18H15F3N2O3/c1-10-7-14(11(2)23(10)9-18(19,20)21)15(24)8-22-16(25)12-5-3-4-6-13(12)17(22)26/h3-7H,8-9H2,1-2H3. The summed E-state index contributed by atoms with van der Waals surface area (Å²) in [6.07, 6.45) is -4.42. The molecule has 2 amide bonds. The number of imide groups is 1. The Hall–Kier alpha value is -2.90. The Morgan fingerprint density at radius 3 is 2.08 bits per heavy atom. The maximum Gasteiger partial charge on any atom is 0.406 e. The van der Waals surface area contributed by atoms with Crippen molar-refractivity contribution >= 4 is 17.6 Å². The van der Waals surface area contributed by atoms with Crippen LogP contribution in [0.4, 0.5) is 13.2 Å². The van der Waals surface area contributed by atoms with E-state index in [4.69, 9.17) is 0 Å². The Morgan fingerprint density at radius 2 is 1.58 bits per heavy atom. The molecule has 0 bridgehead atoms. The van der Waals surface area contributed by atoms with Gasteiger partial charge in [-0.05, 0) is 32.0 Å². The number of carbonyl (C=O) groups excluding carboxylic acids is 3. The van der Waals surface area contributed by atoms with E-state index in [1.807, 2.05) is 0 Å². The third kappa shape index (κ3) is 3.02. The molecule has 8 heteroatoms. The average Bonchev–Trinajstić information content (AvgIpc) is 2.97. The summed E-state index contributed by atoms with van der Waals surface area (Å²) < 4.78 is 39.1. The van der Waals surface area contributed by atoms with Gasteiger partial charge in [-0.1, -0.05) is 12.1 Å². The first kappa shape index (κ1) is 17.9. The number of carbonyl (C=O) groups is 3. The Bertz CT molecular complexity index is 893. The summed E-state index contributed by atoms with van der Waals surface area (Å²) in [5.74, 6) is -1.74. The monoisotopic (exact) mass is 364 g/mol. The Morgan fingerprint density at radius 1 is 1.04 bits per heavy atom. The highest BCUT2D eigenvalue weighted by molar-refractivity contribution is 6.23. The first-order valence-electron chi connectivity index (χ1n) is 7.82. The van der Waals surface area contributed by atoms with E-state index in [0.29, 0.717) is 0 Å². The lowest BCUT2D eigenvalue weighted by atomic mass is 10.1. The quantitative estimate of drug-likeness (QED) is 0.619. The maximum absolute atomic E-state index is 12.7. The topological polar surface area (TPSA) is 59.4 Å². The van der Waals surface area contributed by atoms with Crippen molar-refractivity contribution in [3.05, 3.63) is 58.4 Å². The summed E-state index contributed by atoms with van der Waals surface area (Å²) in [6.45, 7) is 1.17. The number of aromatic nitrogens is 1. The number of amides is 2. The van der Waals surface area contributed by atoms with Gasteiger partial charge >= 0.3 is 6.18 Å². The molecule has 1 aromatic heterocycles. The maximum atomic E-state index is 12.7.